The SMILES string of the molecule is CC1(C2CC2)C(=O)NC2(CCCCC2)C(=O)N1CC1CC1. The predicted molar refractivity (Wildman–Crippen MR) is 79.5 cm³/mol. The van der Waals surface area contributed by atoms with Crippen molar-refractivity contribution in [1.82, 2.24) is 10.2 Å². The summed E-state index contributed by atoms with van der Waals surface area (Å²) in [7, 11) is 0. The van der Waals surface area contributed by atoms with Gasteiger partial charge in [0.15, 0.2) is 0 Å². The number of amides is 2. The summed E-state index contributed by atoms with van der Waals surface area (Å²) in [5.74, 6) is 1.36. The Morgan fingerprint density at radius 3 is 2.33 bits per heavy atom. The summed E-state index contributed by atoms with van der Waals surface area (Å²) in [6.07, 6.45) is 9.59. The first-order valence-electron chi connectivity index (χ1n) is 8.71. The van der Waals surface area contributed by atoms with Gasteiger partial charge in [0.25, 0.3) is 0 Å². The van der Waals surface area contributed by atoms with Gasteiger partial charge in [-0.1, -0.05) is 19.3 Å². The largest absolute Gasteiger partial charge is 0.340 e. The van der Waals surface area contributed by atoms with Crippen molar-refractivity contribution in [2.75, 3.05) is 6.54 Å². The highest BCUT2D eigenvalue weighted by atomic mass is 16.2. The van der Waals surface area contributed by atoms with Crippen LogP contribution >= 0.6 is 0 Å². The van der Waals surface area contributed by atoms with Crippen molar-refractivity contribution in [3.8, 4) is 0 Å². The maximum absolute atomic E-state index is 13.3. The second kappa shape index (κ2) is 4.47. The van der Waals surface area contributed by atoms with Crippen molar-refractivity contribution >= 4 is 11.8 Å². The zero-order valence-electron chi connectivity index (χ0n) is 13.0. The minimum atomic E-state index is -0.581. The Balaban J connectivity index is 1.68. The van der Waals surface area contributed by atoms with Crippen LogP contribution in [0.3, 0.4) is 0 Å². The van der Waals surface area contributed by atoms with E-state index < -0.39 is 11.1 Å². The number of carbonyl (C=O) groups excluding carboxylic acids is 2. The molecule has 4 aliphatic rings. The van der Waals surface area contributed by atoms with E-state index in [9.17, 15) is 9.59 Å². The van der Waals surface area contributed by atoms with Gasteiger partial charge in [-0.05, 0) is 57.3 Å². The van der Waals surface area contributed by atoms with E-state index in [0.29, 0.717) is 11.8 Å². The molecule has 0 bridgehead atoms. The van der Waals surface area contributed by atoms with Crippen LogP contribution < -0.4 is 5.32 Å². The lowest BCUT2D eigenvalue weighted by molar-refractivity contribution is -0.165. The molecule has 4 rings (SSSR count). The molecule has 0 aromatic carbocycles. The third-order valence-corrected chi connectivity index (χ3v) is 6.24. The normalized spacial score (nSPS) is 36.0. The summed E-state index contributed by atoms with van der Waals surface area (Å²) in [4.78, 5) is 28.2. The molecule has 1 aliphatic heterocycles. The van der Waals surface area contributed by atoms with Gasteiger partial charge < -0.3 is 10.2 Å². The smallest absolute Gasteiger partial charge is 0.249 e. The first-order chi connectivity index (χ1) is 10.1. The first kappa shape index (κ1) is 13.6. The second-order valence-electron chi connectivity index (χ2n) is 7.88. The van der Waals surface area contributed by atoms with Crippen LogP contribution in [-0.4, -0.2) is 34.3 Å². The summed E-state index contributed by atoms with van der Waals surface area (Å²) in [5, 5.41) is 3.19. The molecular formula is C17H26N2O2. The van der Waals surface area contributed by atoms with Crippen LogP contribution in [0.1, 0.15) is 64.7 Å². The van der Waals surface area contributed by atoms with E-state index in [0.717, 1.165) is 45.1 Å². The average molecular weight is 290 g/mol. The molecule has 0 radical (unpaired) electrons. The van der Waals surface area contributed by atoms with Gasteiger partial charge in [0, 0.05) is 6.54 Å². The lowest BCUT2D eigenvalue weighted by Gasteiger charge is -2.53. The van der Waals surface area contributed by atoms with Crippen molar-refractivity contribution in [1.29, 1.82) is 0 Å². The monoisotopic (exact) mass is 290 g/mol. The number of hydrogen-bond donors (Lipinski definition) is 1. The van der Waals surface area contributed by atoms with Crippen molar-refractivity contribution in [2.45, 2.75) is 75.8 Å². The molecule has 1 atom stereocenters. The molecule has 1 saturated heterocycles. The highest BCUT2D eigenvalue weighted by Gasteiger charge is 2.61. The molecule has 2 amide bonds. The summed E-state index contributed by atoms with van der Waals surface area (Å²) >= 11 is 0. The van der Waals surface area contributed by atoms with E-state index in [2.05, 4.69) is 5.32 Å². The van der Waals surface area contributed by atoms with Gasteiger partial charge in [0.05, 0.1) is 0 Å². The van der Waals surface area contributed by atoms with Gasteiger partial charge in [-0.25, -0.2) is 0 Å². The predicted octanol–water partition coefficient (Wildman–Crippen LogP) is 2.23. The van der Waals surface area contributed by atoms with Crippen LogP contribution in [0, 0.1) is 11.8 Å². The quantitative estimate of drug-likeness (QED) is 0.866. The lowest BCUT2D eigenvalue weighted by Crippen LogP contribution is -2.76. The highest BCUT2D eigenvalue weighted by molar-refractivity contribution is 6.02. The van der Waals surface area contributed by atoms with Crippen LogP contribution in [0.25, 0.3) is 0 Å². The van der Waals surface area contributed by atoms with Gasteiger partial charge in [-0.15, -0.1) is 0 Å². The Morgan fingerprint density at radius 2 is 1.76 bits per heavy atom. The van der Waals surface area contributed by atoms with Crippen LogP contribution in [0.5, 0.6) is 0 Å². The van der Waals surface area contributed by atoms with Crippen molar-refractivity contribution in [3.05, 3.63) is 0 Å². The number of nitrogens with zero attached hydrogens (tertiary/aromatic N) is 1. The van der Waals surface area contributed by atoms with Crippen molar-refractivity contribution in [2.24, 2.45) is 11.8 Å². The Morgan fingerprint density at radius 1 is 1.10 bits per heavy atom. The number of carbonyl (C=O) groups is 2. The van der Waals surface area contributed by atoms with Crippen LogP contribution in [0.15, 0.2) is 0 Å². The van der Waals surface area contributed by atoms with Crippen LogP contribution in [0.2, 0.25) is 0 Å². The fourth-order valence-electron chi connectivity index (χ4n) is 4.37. The third-order valence-electron chi connectivity index (χ3n) is 6.24. The molecule has 4 nitrogen and oxygen atoms in total. The molecule has 0 aromatic rings. The zero-order valence-corrected chi connectivity index (χ0v) is 13.0. The Kier molecular flexibility index (Phi) is 2.89. The first-order valence-corrected chi connectivity index (χ1v) is 8.71. The molecule has 3 saturated carbocycles. The standard InChI is InChI=1S/C17H26N2O2/c1-16(13-7-8-13)14(20)18-17(9-3-2-4-10-17)15(21)19(16)11-12-5-6-12/h12-13H,2-11H2,1H3,(H,18,20). The molecule has 3 aliphatic carbocycles. The molecule has 1 unspecified atom stereocenters. The zero-order chi connectivity index (χ0) is 14.7. The molecule has 4 fully saturated rings. The Hall–Kier alpha value is -1.06. The van der Waals surface area contributed by atoms with Gasteiger partial charge in [0.1, 0.15) is 11.1 Å². The highest BCUT2D eigenvalue weighted by Crippen LogP contribution is 2.48. The molecular weight excluding hydrogens is 264 g/mol. The van der Waals surface area contributed by atoms with E-state index in [1.165, 1.54) is 19.3 Å². The lowest BCUT2D eigenvalue weighted by atomic mass is 9.75. The van der Waals surface area contributed by atoms with E-state index in [1.807, 2.05) is 11.8 Å². The maximum atomic E-state index is 13.3. The van der Waals surface area contributed by atoms with Crippen molar-refractivity contribution < 1.29 is 9.59 Å². The fraction of sp³-hybridized carbons (Fsp3) is 0.882. The fourth-order valence-corrected chi connectivity index (χ4v) is 4.37. The molecule has 1 N–H and O–H groups in total. The van der Waals surface area contributed by atoms with Crippen LogP contribution in [-0.2, 0) is 9.59 Å². The van der Waals surface area contributed by atoms with Gasteiger partial charge in [-0.3, -0.25) is 9.59 Å². The number of nitrogens with one attached hydrogen (secondary N) is 1. The van der Waals surface area contributed by atoms with E-state index in [1.54, 1.807) is 0 Å². The van der Waals surface area contributed by atoms with E-state index in [4.69, 9.17) is 0 Å². The number of piperazine rings is 1. The summed E-state index contributed by atoms with van der Waals surface area (Å²) in [6, 6.07) is 0. The molecule has 4 heteroatoms. The van der Waals surface area contributed by atoms with Crippen molar-refractivity contribution in [3.63, 3.8) is 0 Å². The average Bonchev–Trinajstić information content (AvgIpc) is 3.36. The summed E-state index contributed by atoms with van der Waals surface area (Å²) < 4.78 is 0. The Labute approximate surface area is 126 Å². The number of hydrogen-bond acceptors (Lipinski definition) is 2. The molecule has 1 spiro atoms. The van der Waals surface area contributed by atoms with Gasteiger partial charge in [-0.2, -0.15) is 0 Å². The molecule has 21 heavy (non-hydrogen) atoms. The van der Waals surface area contributed by atoms with Gasteiger partial charge >= 0.3 is 0 Å². The minimum absolute atomic E-state index is 0.118. The van der Waals surface area contributed by atoms with E-state index >= 15 is 0 Å². The Bertz CT molecular complexity index is 475. The van der Waals surface area contributed by atoms with Gasteiger partial charge in [0.2, 0.25) is 11.8 Å². The third kappa shape index (κ3) is 2.01. The van der Waals surface area contributed by atoms with Crippen LogP contribution in [0.4, 0.5) is 0 Å². The molecule has 1 heterocycles. The maximum Gasteiger partial charge on any atom is 0.249 e. The minimum Gasteiger partial charge on any atom is -0.340 e. The number of rotatable bonds is 3. The second-order valence-corrected chi connectivity index (χ2v) is 7.88. The molecule has 116 valence electrons. The van der Waals surface area contributed by atoms with E-state index in [-0.39, 0.29) is 11.8 Å². The topological polar surface area (TPSA) is 49.4 Å². The summed E-state index contributed by atoms with van der Waals surface area (Å²) in [5.41, 5.74) is -1.15. The molecule has 0 aromatic heterocycles. The summed E-state index contributed by atoms with van der Waals surface area (Å²) in [6.45, 7) is 2.82.